The first kappa shape index (κ1) is 18.7. The van der Waals surface area contributed by atoms with E-state index < -0.39 is 0 Å². The van der Waals surface area contributed by atoms with Gasteiger partial charge in [0.15, 0.2) is 0 Å². The molecule has 0 saturated carbocycles. The minimum Gasteiger partial charge on any atom is -0.439 e. The Kier molecular flexibility index (Phi) is 3.39. The van der Waals surface area contributed by atoms with Crippen molar-refractivity contribution in [3.63, 3.8) is 0 Å². The molecule has 5 heterocycles. The second-order valence-electron chi connectivity index (χ2n) is 9.28. The Balaban J connectivity index is 1.55. The maximum absolute atomic E-state index is 6.59. The van der Waals surface area contributed by atoms with Crippen LogP contribution in [0.15, 0.2) is 108 Å². The van der Waals surface area contributed by atoms with Crippen LogP contribution in [0, 0.1) is 0 Å². The zero-order chi connectivity index (χ0) is 23.4. The van der Waals surface area contributed by atoms with Gasteiger partial charge in [-0.25, -0.2) is 4.52 Å². The van der Waals surface area contributed by atoms with Crippen molar-refractivity contribution in [1.29, 1.82) is 0 Å². The summed E-state index contributed by atoms with van der Waals surface area (Å²) in [7, 11) is 0. The van der Waals surface area contributed by atoms with E-state index in [0.717, 1.165) is 49.7 Å². The van der Waals surface area contributed by atoms with Crippen LogP contribution in [0.3, 0.4) is 0 Å². The topological polar surface area (TPSA) is 35.4 Å². The van der Waals surface area contributed by atoms with Crippen LogP contribution < -0.4 is 0 Å². The number of para-hydroxylation sites is 1. The molecule has 0 unspecified atom stereocenters. The van der Waals surface area contributed by atoms with Gasteiger partial charge in [-0.05, 0) is 42.5 Å². The molecule has 0 radical (unpaired) electrons. The fourth-order valence-corrected chi connectivity index (χ4v) is 6.96. The van der Waals surface area contributed by atoms with Gasteiger partial charge in [0.25, 0.3) is 0 Å². The first-order chi connectivity index (χ1) is 17.8. The summed E-state index contributed by atoms with van der Waals surface area (Å²) in [5.41, 5.74) is 6.02. The van der Waals surface area contributed by atoms with Gasteiger partial charge >= 0.3 is 0 Å². The van der Waals surface area contributed by atoms with Crippen LogP contribution in [0.4, 0.5) is 0 Å². The average Bonchev–Trinajstić information content (AvgIpc) is 3.65. The summed E-state index contributed by atoms with van der Waals surface area (Å²) < 4.78 is 13.5. The number of hydrogen-bond acceptors (Lipinski definition) is 3. The third kappa shape index (κ3) is 2.26. The molecule has 0 fully saturated rings. The molecular weight excluding hydrogens is 462 g/mol. The molecule has 0 amide bonds. The lowest BCUT2D eigenvalue weighted by atomic mass is 10.1. The fraction of sp³-hybridized carbons (Fsp3) is 0. The number of fused-ring (bicyclic) bond motifs is 11. The summed E-state index contributed by atoms with van der Waals surface area (Å²) in [6, 6.07) is 34.3. The number of pyridine rings is 1. The van der Waals surface area contributed by atoms with Gasteiger partial charge in [-0.1, -0.05) is 54.6 Å². The van der Waals surface area contributed by atoms with Gasteiger partial charge < -0.3 is 4.42 Å². The molecule has 5 aromatic heterocycles. The van der Waals surface area contributed by atoms with E-state index in [4.69, 9.17) is 9.52 Å². The Labute approximate surface area is 208 Å². The lowest BCUT2D eigenvalue weighted by Gasteiger charge is -2.09. The summed E-state index contributed by atoms with van der Waals surface area (Å²) in [4.78, 5) is 0. The quantitative estimate of drug-likeness (QED) is 0.236. The standard InChI is InChI=1S/C31H17N3OS/c1-4-11-23-19(9-1)30-24(12-7-15-33(30)32-23)34-25-16-21-18-8-3-6-14-27(18)36-28(21)17-22(25)29-20-10-2-5-13-26(20)35-31(29)34/h1-17H. The molecule has 0 bridgehead atoms. The molecular formula is C31H17N3OS. The van der Waals surface area contributed by atoms with E-state index in [1.165, 1.54) is 25.6 Å². The van der Waals surface area contributed by atoms with Gasteiger partial charge in [0.1, 0.15) is 5.58 Å². The Hall–Kier alpha value is -4.61. The van der Waals surface area contributed by atoms with Crippen LogP contribution in [0.5, 0.6) is 0 Å². The minimum absolute atomic E-state index is 0.867. The molecule has 0 spiro atoms. The van der Waals surface area contributed by atoms with E-state index >= 15 is 0 Å². The number of benzene rings is 4. The molecule has 0 saturated heterocycles. The molecule has 0 aliphatic heterocycles. The van der Waals surface area contributed by atoms with Crippen molar-refractivity contribution in [2.75, 3.05) is 0 Å². The summed E-state index contributed by atoms with van der Waals surface area (Å²) in [5.74, 6) is 0. The Morgan fingerprint density at radius 1 is 0.667 bits per heavy atom. The van der Waals surface area contributed by atoms with Gasteiger partial charge in [-0.15, -0.1) is 11.3 Å². The monoisotopic (exact) mass is 479 g/mol. The lowest BCUT2D eigenvalue weighted by Crippen LogP contribution is -1.97. The molecule has 168 valence electrons. The smallest absolute Gasteiger partial charge is 0.213 e. The Bertz CT molecular complexity index is 2330. The molecule has 0 N–H and O–H groups in total. The van der Waals surface area contributed by atoms with Gasteiger partial charge in [-0.3, -0.25) is 4.57 Å². The zero-order valence-electron chi connectivity index (χ0n) is 19.0. The predicted molar refractivity (Wildman–Crippen MR) is 150 cm³/mol. The molecule has 5 heteroatoms. The van der Waals surface area contributed by atoms with Crippen molar-refractivity contribution in [3.05, 3.63) is 103 Å². The molecule has 9 aromatic rings. The molecule has 9 rings (SSSR count). The first-order valence-corrected chi connectivity index (χ1v) is 12.8. The number of rotatable bonds is 1. The molecule has 4 aromatic carbocycles. The van der Waals surface area contributed by atoms with Crippen molar-refractivity contribution in [3.8, 4) is 5.69 Å². The van der Waals surface area contributed by atoms with Crippen molar-refractivity contribution in [2.24, 2.45) is 0 Å². The number of furan rings is 1. The number of thiophene rings is 1. The molecule has 0 aliphatic carbocycles. The summed E-state index contributed by atoms with van der Waals surface area (Å²) >= 11 is 1.85. The third-order valence-electron chi connectivity index (χ3n) is 7.35. The highest BCUT2D eigenvalue weighted by Gasteiger charge is 2.23. The second-order valence-corrected chi connectivity index (χ2v) is 10.4. The Morgan fingerprint density at radius 2 is 1.47 bits per heavy atom. The highest BCUT2D eigenvalue weighted by Crippen LogP contribution is 2.44. The predicted octanol–water partition coefficient (Wildman–Crippen LogP) is 8.70. The fourth-order valence-electron chi connectivity index (χ4n) is 5.83. The maximum atomic E-state index is 6.59. The van der Waals surface area contributed by atoms with E-state index in [1.807, 2.05) is 34.2 Å². The largest absolute Gasteiger partial charge is 0.439 e. The molecule has 36 heavy (non-hydrogen) atoms. The summed E-state index contributed by atoms with van der Waals surface area (Å²) in [6.07, 6.45) is 2.02. The average molecular weight is 480 g/mol. The highest BCUT2D eigenvalue weighted by molar-refractivity contribution is 7.25. The normalized spacial score (nSPS) is 12.4. The maximum Gasteiger partial charge on any atom is 0.213 e. The third-order valence-corrected chi connectivity index (χ3v) is 8.49. The highest BCUT2D eigenvalue weighted by atomic mass is 32.1. The van der Waals surface area contributed by atoms with E-state index in [0.29, 0.717) is 0 Å². The van der Waals surface area contributed by atoms with Gasteiger partial charge in [0.2, 0.25) is 5.71 Å². The SMILES string of the molecule is c1ccc2c(c1)nn1cccc(-n3c4cc5c(cc4c4c6ccccc6oc43)sc3ccccc35)c21. The van der Waals surface area contributed by atoms with Crippen molar-refractivity contribution in [2.45, 2.75) is 0 Å². The van der Waals surface area contributed by atoms with Crippen molar-refractivity contribution < 1.29 is 4.42 Å². The van der Waals surface area contributed by atoms with Crippen LogP contribution in [-0.4, -0.2) is 14.2 Å². The first-order valence-electron chi connectivity index (χ1n) is 12.0. The van der Waals surface area contributed by atoms with Crippen LogP contribution in [0.1, 0.15) is 0 Å². The minimum atomic E-state index is 0.867. The Morgan fingerprint density at radius 3 is 2.42 bits per heavy atom. The van der Waals surface area contributed by atoms with Crippen LogP contribution in [0.2, 0.25) is 0 Å². The van der Waals surface area contributed by atoms with Gasteiger partial charge in [0, 0.05) is 42.5 Å². The van der Waals surface area contributed by atoms with Crippen LogP contribution in [0.25, 0.3) is 75.3 Å². The molecule has 4 nitrogen and oxygen atoms in total. The van der Waals surface area contributed by atoms with E-state index in [-0.39, 0.29) is 0 Å². The molecule has 0 atom stereocenters. The van der Waals surface area contributed by atoms with Gasteiger partial charge in [-0.2, -0.15) is 5.10 Å². The number of aromatic nitrogens is 3. The van der Waals surface area contributed by atoms with Crippen LogP contribution >= 0.6 is 11.3 Å². The van der Waals surface area contributed by atoms with E-state index in [9.17, 15) is 0 Å². The van der Waals surface area contributed by atoms with E-state index in [1.54, 1.807) is 0 Å². The molecule has 0 aliphatic rings. The van der Waals surface area contributed by atoms with Crippen LogP contribution in [-0.2, 0) is 0 Å². The lowest BCUT2D eigenvalue weighted by molar-refractivity contribution is 0.645. The second kappa shape index (κ2) is 6.53. The zero-order valence-corrected chi connectivity index (χ0v) is 19.8. The summed E-state index contributed by atoms with van der Waals surface area (Å²) in [6.45, 7) is 0. The van der Waals surface area contributed by atoms with E-state index in [2.05, 4.69) is 89.5 Å². The van der Waals surface area contributed by atoms with Crippen molar-refractivity contribution >= 4 is 80.9 Å². The van der Waals surface area contributed by atoms with Crippen molar-refractivity contribution in [1.82, 2.24) is 14.2 Å². The summed E-state index contributed by atoms with van der Waals surface area (Å²) in [5, 5.41) is 12.0. The van der Waals surface area contributed by atoms with Gasteiger partial charge in [0.05, 0.1) is 27.6 Å². The number of nitrogens with zero attached hydrogens (tertiary/aromatic N) is 3. The number of hydrogen-bond donors (Lipinski definition) is 0.